The Morgan fingerprint density at radius 3 is 2.21 bits per heavy atom. The molecule has 2 aromatic rings. The molecule has 1 heterocycles. The minimum atomic E-state index is -3.95. The van der Waals surface area contributed by atoms with E-state index in [0.717, 1.165) is 18.4 Å². The normalized spacial score (nSPS) is 16.4. The zero-order valence-electron chi connectivity index (χ0n) is 18.8. The van der Waals surface area contributed by atoms with Gasteiger partial charge in [0, 0.05) is 24.3 Å². The summed E-state index contributed by atoms with van der Waals surface area (Å²) in [6.07, 6.45) is 1.48. The number of amides is 2. The van der Waals surface area contributed by atoms with Crippen molar-refractivity contribution in [3.05, 3.63) is 64.2 Å². The highest BCUT2D eigenvalue weighted by Crippen LogP contribution is 2.24. The number of halogens is 1. The van der Waals surface area contributed by atoms with Gasteiger partial charge in [-0.1, -0.05) is 44.5 Å². The number of sulfonamides is 1. The lowest BCUT2D eigenvalue weighted by atomic mass is 9.87. The standard InChI is InChI=1S/C23H28ClN3O5S/c1-23(2,3)17-9-6-15(7-10-17)21(28)26-27-22(29)16-8-11-19(24)20(13-16)33(30,31)25-14-18-5-4-12-32-18/h6-11,13,18,25H,4-5,12,14H2,1-3H3,(H,26,28)(H,27,29)/t18-/m0/s1. The van der Waals surface area contributed by atoms with Crippen molar-refractivity contribution in [3.63, 3.8) is 0 Å². The molecule has 0 bridgehead atoms. The fraction of sp³-hybridized carbons (Fsp3) is 0.391. The number of carbonyl (C=O) groups is 2. The molecule has 0 spiro atoms. The Labute approximate surface area is 199 Å². The van der Waals surface area contributed by atoms with Crippen LogP contribution in [0.1, 0.15) is 59.9 Å². The van der Waals surface area contributed by atoms with Crippen LogP contribution in [0, 0.1) is 0 Å². The average Bonchev–Trinajstić information content (AvgIpc) is 3.29. The monoisotopic (exact) mass is 493 g/mol. The molecule has 1 saturated heterocycles. The molecular formula is C23H28ClN3O5S. The summed E-state index contributed by atoms with van der Waals surface area (Å²) in [4.78, 5) is 24.7. The van der Waals surface area contributed by atoms with Crippen molar-refractivity contribution in [1.29, 1.82) is 0 Å². The van der Waals surface area contributed by atoms with Crippen molar-refractivity contribution in [2.24, 2.45) is 0 Å². The van der Waals surface area contributed by atoms with Crippen molar-refractivity contribution < 1.29 is 22.7 Å². The summed E-state index contributed by atoms with van der Waals surface area (Å²) < 4.78 is 33.3. The predicted octanol–water partition coefficient (Wildman–Crippen LogP) is 3.17. The van der Waals surface area contributed by atoms with Gasteiger partial charge in [0.1, 0.15) is 4.90 Å². The molecule has 8 nitrogen and oxygen atoms in total. The van der Waals surface area contributed by atoms with Gasteiger partial charge in [-0.2, -0.15) is 0 Å². The Morgan fingerprint density at radius 1 is 1.03 bits per heavy atom. The van der Waals surface area contributed by atoms with Gasteiger partial charge in [0.05, 0.1) is 11.1 Å². The molecule has 0 aromatic heterocycles. The van der Waals surface area contributed by atoms with Crippen LogP contribution in [0.2, 0.25) is 5.02 Å². The number of ether oxygens (including phenoxy) is 1. The highest BCUT2D eigenvalue weighted by molar-refractivity contribution is 7.89. The van der Waals surface area contributed by atoms with Crippen LogP contribution in [-0.2, 0) is 20.2 Å². The van der Waals surface area contributed by atoms with Crippen LogP contribution in [0.4, 0.5) is 0 Å². The Hall–Kier alpha value is -2.46. The van der Waals surface area contributed by atoms with E-state index in [1.165, 1.54) is 18.2 Å². The molecule has 0 saturated carbocycles. The summed E-state index contributed by atoms with van der Waals surface area (Å²) in [6.45, 7) is 6.94. The van der Waals surface area contributed by atoms with Crippen LogP contribution in [0.25, 0.3) is 0 Å². The van der Waals surface area contributed by atoms with Gasteiger partial charge in [0.2, 0.25) is 10.0 Å². The number of nitrogens with one attached hydrogen (secondary N) is 3. The second-order valence-corrected chi connectivity index (χ2v) is 11.0. The first kappa shape index (κ1) is 25.2. The van der Waals surface area contributed by atoms with Crippen LogP contribution in [0.3, 0.4) is 0 Å². The number of carbonyl (C=O) groups excluding carboxylic acids is 2. The summed E-state index contributed by atoms with van der Waals surface area (Å²) >= 11 is 6.08. The van der Waals surface area contributed by atoms with Crippen LogP contribution in [0.5, 0.6) is 0 Å². The van der Waals surface area contributed by atoms with Crippen LogP contribution in [-0.4, -0.2) is 39.5 Å². The van der Waals surface area contributed by atoms with E-state index in [2.05, 4.69) is 36.3 Å². The summed E-state index contributed by atoms with van der Waals surface area (Å²) in [6, 6.07) is 10.9. The first-order valence-electron chi connectivity index (χ1n) is 10.6. The Balaban J connectivity index is 1.64. The molecule has 178 valence electrons. The summed E-state index contributed by atoms with van der Waals surface area (Å²) in [5.41, 5.74) is 6.07. The van der Waals surface area contributed by atoms with Gasteiger partial charge in [-0.3, -0.25) is 20.4 Å². The lowest BCUT2D eigenvalue weighted by molar-refractivity contribution is 0.0846. The average molecular weight is 494 g/mol. The van der Waals surface area contributed by atoms with Crippen molar-refractivity contribution >= 4 is 33.4 Å². The van der Waals surface area contributed by atoms with E-state index in [0.29, 0.717) is 12.2 Å². The van der Waals surface area contributed by atoms with Gasteiger partial charge in [-0.05, 0) is 54.2 Å². The molecule has 1 fully saturated rings. The molecule has 2 amide bonds. The van der Waals surface area contributed by atoms with Gasteiger partial charge in [-0.15, -0.1) is 0 Å². The lowest BCUT2D eigenvalue weighted by Crippen LogP contribution is -2.41. The quantitative estimate of drug-likeness (QED) is 0.535. The smallest absolute Gasteiger partial charge is 0.269 e. The largest absolute Gasteiger partial charge is 0.377 e. The maximum Gasteiger partial charge on any atom is 0.269 e. The number of hydrazine groups is 1. The van der Waals surface area contributed by atoms with E-state index in [1.54, 1.807) is 12.1 Å². The zero-order chi connectivity index (χ0) is 24.2. The van der Waals surface area contributed by atoms with Crippen molar-refractivity contribution in [2.75, 3.05) is 13.2 Å². The van der Waals surface area contributed by atoms with Crippen molar-refractivity contribution in [1.82, 2.24) is 15.6 Å². The summed E-state index contributed by atoms with van der Waals surface area (Å²) in [5.74, 6) is -1.18. The third kappa shape index (κ3) is 6.54. The maximum atomic E-state index is 12.7. The molecule has 2 aromatic carbocycles. The van der Waals surface area contributed by atoms with Crippen molar-refractivity contribution in [3.8, 4) is 0 Å². The number of hydrogen-bond donors (Lipinski definition) is 3. The number of rotatable bonds is 6. The van der Waals surface area contributed by atoms with E-state index >= 15 is 0 Å². The van der Waals surface area contributed by atoms with Gasteiger partial charge >= 0.3 is 0 Å². The first-order valence-corrected chi connectivity index (χ1v) is 12.5. The molecule has 33 heavy (non-hydrogen) atoms. The molecule has 1 atom stereocenters. The molecule has 1 aliphatic heterocycles. The minimum absolute atomic E-state index is 0.0191. The topological polar surface area (TPSA) is 114 Å². The Morgan fingerprint density at radius 2 is 1.64 bits per heavy atom. The van der Waals surface area contributed by atoms with Crippen LogP contribution < -0.4 is 15.6 Å². The van der Waals surface area contributed by atoms with Gasteiger partial charge in [0.25, 0.3) is 11.8 Å². The molecule has 3 N–H and O–H groups in total. The van der Waals surface area contributed by atoms with Gasteiger partial charge in [0.15, 0.2) is 0 Å². The Kier molecular flexibility index (Phi) is 7.79. The van der Waals surface area contributed by atoms with E-state index in [-0.39, 0.29) is 33.5 Å². The van der Waals surface area contributed by atoms with Crippen LogP contribution >= 0.6 is 11.6 Å². The van der Waals surface area contributed by atoms with E-state index < -0.39 is 21.8 Å². The highest BCUT2D eigenvalue weighted by atomic mass is 35.5. The van der Waals surface area contributed by atoms with E-state index in [9.17, 15) is 18.0 Å². The lowest BCUT2D eigenvalue weighted by Gasteiger charge is -2.19. The number of hydrogen-bond acceptors (Lipinski definition) is 5. The van der Waals surface area contributed by atoms with Crippen LogP contribution in [0.15, 0.2) is 47.4 Å². The fourth-order valence-electron chi connectivity index (χ4n) is 3.32. The minimum Gasteiger partial charge on any atom is -0.377 e. The molecule has 0 radical (unpaired) electrons. The second-order valence-electron chi connectivity index (χ2n) is 8.87. The maximum absolute atomic E-state index is 12.7. The molecule has 3 rings (SSSR count). The van der Waals surface area contributed by atoms with E-state index in [4.69, 9.17) is 16.3 Å². The second kappa shape index (κ2) is 10.2. The third-order valence-electron chi connectivity index (χ3n) is 5.31. The highest BCUT2D eigenvalue weighted by Gasteiger charge is 2.23. The molecule has 1 aliphatic rings. The van der Waals surface area contributed by atoms with Gasteiger partial charge < -0.3 is 4.74 Å². The molecule has 10 heteroatoms. The number of benzene rings is 2. The Bertz CT molecular complexity index is 1120. The van der Waals surface area contributed by atoms with E-state index in [1.807, 2.05) is 12.1 Å². The summed E-state index contributed by atoms with van der Waals surface area (Å²) in [5, 5.41) is -0.0191. The summed E-state index contributed by atoms with van der Waals surface area (Å²) in [7, 11) is -3.95. The first-order chi connectivity index (χ1) is 15.5. The molecule has 0 aliphatic carbocycles. The third-order valence-corrected chi connectivity index (χ3v) is 7.22. The SMILES string of the molecule is CC(C)(C)c1ccc(C(=O)NNC(=O)c2ccc(Cl)c(S(=O)(=O)NC[C@@H]3CCCO3)c2)cc1. The van der Waals surface area contributed by atoms with Gasteiger partial charge in [-0.25, -0.2) is 13.1 Å². The molecular weight excluding hydrogens is 466 g/mol. The fourth-order valence-corrected chi connectivity index (χ4v) is 4.91. The predicted molar refractivity (Wildman–Crippen MR) is 126 cm³/mol. The van der Waals surface area contributed by atoms with Crippen molar-refractivity contribution in [2.45, 2.75) is 50.0 Å². The molecule has 0 unspecified atom stereocenters. The zero-order valence-corrected chi connectivity index (χ0v) is 20.3.